The summed E-state index contributed by atoms with van der Waals surface area (Å²) in [6.45, 7) is 1.74. The molecule has 1 fully saturated rings. The van der Waals surface area contributed by atoms with Crippen LogP contribution in [0.2, 0.25) is 0 Å². The lowest BCUT2D eigenvalue weighted by Crippen LogP contribution is -2.32. The monoisotopic (exact) mass is 357 g/mol. The van der Waals surface area contributed by atoms with E-state index >= 15 is 0 Å². The normalized spacial score (nSPS) is 19.6. The van der Waals surface area contributed by atoms with Crippen molar-refractivity contribution in [1.29, 1.82) is 0 Å². The Bertz CT molecular complexity index is 831. The predicted octanol–water partition coefficient (Wildman–Crippen LogP) is 2.98. The van der Waals surface area contributed by atoms with E-state index in [0.717, 1.165) is 11.8 Å². The van der Waals surface area contributed by atoms with E-state index in [4.69, 9.17) is 9.52 Å². The van der Waals surface area contributed by atoms with Gasteiger partial charge in [-0.2, -0.15) is 0 Å². The van der Waals surface area contributed by atoms with Gasteiger partial charge in [-0.3, -0.25) is 14.5 Å². The van der Waals surface area contributed by atoms with Crippen molar-refractivity contribution in [3.05, 3.63) is 54.5 Å². The summed E-state index contributed by atoms with van der Waals surface area (Å²) in [5.41, 5.74) is 1.18. The van der Waals surface area contributed by atoms with Gasteiger partial charge in [-0.15, -0.1) is 10.2 Å². The molecule has 3 rings (SSSR count). The highest BCUT2D eigenvalue weighted by Gasteiger charge is 2.40. The molecule has 2 heterocycles. The van der Waals surface area contributed by atoms with Crippen molar-refractivity contribution in [2.75, 3.05) is 4.90 Å². The van der Waals surface area contributed by atoms with E-state index in [-0.39, 0.29) is 12.3 Å². The molecule has 0 radical (unpaired) electrons. The van der Waals surface area contributed by atoms with Crippen LogP contribution < -0.4 is 4.90 Å². The Morgan fingerprint density at radius 1 is 1.28 bits per heavy atom. The topological polar surface area (TPSA) is 95.5 Å². The molecular formula is C17H15N3O4S. The minimum absolute atomic E-state index is 0.271. The van der Waals surface area contributed by atoms with Gasteiger partial charge in [0.2, 0.25) is 5.91 Å². The van der Waals surface area contributed by atoms with Crippen LogP contribution in [0, 0.1) is 0 Å². The maximum Gasteiger partial charge on any atom is 0.305 e. The number of carboxylic acid groups (broad SMARTS) is 1. The van der Waals surface area contributed by atoms with Crippen molar-refractivity contribution < 1.29 is 19.1 Å². The Labute approximate surface area is 148 Å². The van der Waals surface area contributed by atoms with Crippen molar-refractivity contribution in [2.24, 2.45) is 10.2 Å². The highest BCUT2D eigenvalue weighted by molar-refractivity contribution is 8.16. The fourth-order valence-electron chi connectivity index (χ4n) is 2.29. The number of hydrogen-bond acceptors (Lipinski definition) is 6. The minimum atomic E-state index is -1.03. The predicted molar refractivity (Wildman–Crippen MR) is 95.9 cm³/mol. The average molecular weight is 357 g/mol. The van der Waals surface area contributed by atoms with Gasteiger partial charge in [-0.05, 0) is 31.2 Å². The molecule has 0 aliphatic carbocycles. The Kier molecular flexibility index (Phi) is 4.99. The molecule has 1 aliphatic heterocycles. The number of thioether (sulfide) groups is 1. The first-order valence-electron chi connectivity index (χ1n) is 7.50. The van der Waals surface area contributed by atoms with Crippen LogP contribution in [0.3, 0.4) is 0 Å². The Morgan fingerprint density at radius 2 is 2.04 bits per heavy atom. The van der Waals surface area contributed by atoms with Gasteiger partial charge in [0.05, 0.1) is 18.4 Å². The largest absolute Gasteiger partial charge is 0.481 e. The molecule has 7 nitrogen and oxygen atoms in total. The van der Waals surface area contributed by atoms with E-state index < -0.39 is 11.2 Å². The smallest absolute Gasteiger partial charge is 0.305 e. The van der Waals surface area contributed by atoms with Crippen LogP contribution in [-0.2, 0) is 9.59 Å². The van der Waals surface area contributed by atoms with E-state index in [9.17, 15) is 9.59 Å². The quantitative estimate of drug-likeness (QED) is 0.655. The van der Waals surface area contributed by atoms with Gasteiger partial charge >= 0.3 is 5.97 Å². The molecule has 0 saturated carbocycles. The van der Waals surface area contributed by atoms with Crippen LogP contribution in [0.1, 0.15) is 19.1 Å². The summed E-state index contributed by atoms with van der Waals surface area (Å²) in [5.74, 6) is -0.773. The third-order valence-electron chi connectivity index (χ3n) is 3.47. The second kappa shape index (κ2) is 7.35. The fraction of sp³-hybridized carbons (Fsp3) is 0.176. The number of furan rings is 1. The lowest BCUT2D eigenvalue weighted by Gasteiger charge is -2.15. The number of carboxylic acids is 1. The Morgan fingerprint density at radius 3 is 2.68 bits per heavy atom. The zero-order valence-corrected chi connectivity index (χ0v) is 14.1. The number of carbonyl (C=O) groups excluding carboxylic acids is 1. The van der Waals surface area contributed by atoms with E-state index in [0.29, 0.717) is 22.3 Å². The molecule has 2 aromatic rings. The van der Waals surface area contributed by atoms with E-state index in [2.05, 4.69) is 10.2 Å². The van der Waals surface area contributed by atoms with Crippen molar-refractivity contribution in [3.8, 4) is 0 Å². The molecule has 8 heteroatoms. The number of amidine groups is 1. The number of anilines is 1. The van der Waals surface area contributed by atoms with Crippen LogP contribution in [0.15, 0.2) is 63.3 Å². The second-order valence-corrected chi connectivity index (χ2v) is 6.43. The van der Waals surface area contributed by atoms with Crippen LogP contribution >= 0.6 is 11.8 Å². The first kappa shape index (κ1) is 17.0. The van der Waals surface area contributed by atoms with Gasteiger partial charge in [-0.25, -0.2) is 0 Å². The summed E-state index contributed by atoms with van der Waals surface area (Å²) in [4.78, 5) is 25.0. The molecule has 128 valence electrons. The minimum Gasteiger partial charge on any atom is -0.481 e. The number of benzene rings is 1. The summed E-state index contributed by atoms with van der Waals surface area (Å²) in [6.07, 6.45) is 1.27. The maximum atomic E-state index is 12.6. The van der Waals surface area contributed by atoms with E-state index in [1.807, 2.05) is 6.07 Å². The molecule has 1 saturated heterocycles. The summed E-state index contributed by atoms with van der Waals surface area (Å²) in [5, 5.41) is 16.9. The number of aliphatic carboxylic acids is 1. The summed E-state index contributed by atoms with van der Waals surface area (Å²) in [7, 11) is 0. The van der Waals surface area contributed by atoms with Gasteiger partial charge in [0.15, 0.2) is 5.17 Å². The number of hydrogen-bond donors (Lipinski definition) is 1. The van der Waals surface area contributed by atoms with Gasteiger partial charge in [-0.1, -0.05) is 30.0 Å². The highest BCUT2D eigenvalue weighted by Crippen LogP contribution is 2.33. The first-order chi connectivity index (χ1) is 12.1. The van der Waals surface area contributed by atoms with Crippen LogP contribution in [0.5, 0.6) is 0 Å². The third-order valence-corrected chi connectivity index (χ3v) is 4.60. The maximum absolute atomic E-state index is 12.6. The number of rotatable bonds is 5. The highest BCUT2D eigenvalue weighted by atomic mass is 32.2. The summed E-state index contributed by atoms with van der Waals surface area (Å²) < 4.78 is 5.25. The van der Waals surface area contributed by atoms with Crippen molar-refractivity contribution in [3.63, 3.8) is 0 Å². The molecule has 0 bridgehead atoms. The number of nitrogens with zero attached hydrogens (tertiary/aromatic N) is 3. The van der Waals surface area contributed by atoms with E-state index in [1.54, 1.807) is 43.3 Å². The molecule has 0 spiro atoms. The standard InChI is InChI=1S/C17H15N3O4S/c1-11(13-8-5-9-24-13)18-19-17-20(12-6-3-2-4-7-12)16(23)14(25-17)10-15(21)22/h2-9,14H,10H2,1H3,(H,21,22)/b18-11+,19-17-/t14-/m0/s1. The number of carbonyl (C=O) groups is 2. The first-order valence-corrected chi connectivity index (χ1v) is 8.38. The molecule has 1 atom stereocenters. The fourth-order valence-corrected chi connectivity index (χ4v) is 3.37. The second-order valence-electron chi connectivity index (χ2n) is 5.26. The lowest BCUT2D eigenvalue weighted by molar-refractivity contribution is -0.138. The molecule has 1 aromatic heterocycles. The molecule has 0 unspecified atom stereocenters. The SMILES string of the molecule is C/C(=N\N=C1/S[C@@H](CC(=O)O)C(=O)N1c1ccccc1)c1ccco1. The van der Waals surface area contributed by atoms with Crippen LogP contribution in [0.25, 0.3) is 0 Å². The van der Waals surface area contributed by atoms with Gasteiger partial charge in [0.1, 0.15) is 16.7 Å². The molecular weight excluding hydrogens is 342 g/mol. The number of amides is 1. The van der Waals surface area contributed by atoms with Crippen molar-refractivity contribution in [1.82, 2.24) is 0 Å². The lowest BCUT2D eigenvalue weighted by atomic mass is 10.2. The van der Waals surface area contributed by atoms with E-state index in [1.165, 1.54) is 11.2 Å². The molecule has 1 N–H and O–H groups in total. The molecule has 25 heavy (non-hydrogen) atoms. The molecule has 1 aromatic carbocycles. The summed E-state index contributed by atoms with van der Waals surface area (Å²) >= 11 is 1.10. The zero-order chi connectivity index (χ0) is 17.8. The Balaban J connectivity index is 1.94. The Hall–Kier alpha value is -2.87. The molecule has 1 aliphatic rings. The third kappa shape index (κ3) is 3.80. The van der Waals surface area contributed by atoms with Crippen molar-refractivity contribution >= 4 is 40.2 Å². The summed E-state index contributed by atoms with van der Waals surface area (Å²) in [6, 6.07) is 12.5. The number of para-hydroxylation sites is 1. The zero-order valence-electron chi connectivity index (χ0n) is 13.3. The molecule has 1 amide bonds. The van der Waals surface area contributed by atoms with Crippen LogP contribution in [-0.4, -0.2) is 33.1 Å². The average Bonchev–Trinajstić information content (AvgIpc) is 3.22. The van der Waals surface area contributed by atoms with Crippen LogP contribution in [0.4, 0.5) is 5.69 Å². The van der Waals surface area contributed by atoms with Gasteiger partial charge in [0.25, 0.3) is 0 Å². The van der Waals surface area contributed by atoms with Crippen molar-refractivity contribution in [2.45, 2.75) is 18.6 Å². The van der Waals surface area contributed by atoms with Gasteiger partial charge < -0.3 is 9.52 Å². The van der Waals surface area contributed by atoms with Gasteiger partial charge in [0, 0.05) is 0 Å².